The van der Waals surface area contributed by atoms with Crippen molar-refractivity contribution in [2.75, 3.05) is 89.1 Å². The van der Waals surface area contributed by atoms with Gasteiger partial charge in [0.2, 0.25) is 0 Å². The highest BCUT2D eigenvalue weighted by atomic mass is 19.1. The number of hydrogen-bond acceptors (Lipinski definition) is 13. The molecule has 16 heteroatoms. The molecule has 0 radical (unpaired) electrons. The second-order valence-corrected chi connectivity index (χ2v) is 15.5. The fourth-order valence-corrected chi connectivity index (χ4v) is 8.29. The van der Waals surface area contributed by atoms with Crippen molar-refractivity contribution >= 4 is 46.2 Å². The van der Waals surface area contributed by atoms with Crippen molar-refractivity contribution in [3.8, 4) is 0 Å². The quantitative estimate of drug-likeness (QED) is 0.164. The second kappa shape index (κ2) is 18.7. The molecular formula is C46H48FN13O2. The summed E-state index contributed by atoms with van der Waals surface area (Å²) >= 11 is 0. The van der Waals surface area contributed by atoms with Crippen LogP contribution >= 0.6 is 0 Å². The lowest BCUT2D eigenvalue weighted by Crippen LogP contribution is -2.43. The number of amides is 2. The molecule has 0 spiro atoms. The predicted molar refractivity (Wildman–Crippen MR) is 238 cm³/mol. The van der Waals surface area contributed by atoms with Crippen molar-refractivity contribution in [2.45, 2.75) is 26.1 Å². The maximum absolute atomic E-state index is 14.0. The van der Waals surface area contributed by atoms with Crippen LogP contribution in [0.5, 0.6) is 0 Å². The van der Waals surface area contributed by atoms with Gasteiger partial charge in [0.1, 0.15) is 28.8 Å². The third kappa shape index (κ3) is 9.16. The van der Waals surface area contributed by atoms with Gasteiger partial charge in [0.25, 0.3) is 11.8 Å². The van der Waals surface area contributed by atoms with E-state index < -0.39 is 0 Å². The van der Waals surface area contributed by atoms with E-state index in [1.165, 1.54) is 17.2 Å². The van der Waals surface area contributed by atoms with Gasteiger partial charge in [-0.15, -0.1) is 0 Å². The predicted octanol–water partition coefficient (Wildman–Crippen LogP) is 4.89. The van der Waals surface area contributed by atoms with E-state index in [0.717, 1.165) is 93.8 Å². The number of pyridine rings is 5. The minimum atomic E-state index is -0.278. The van der Waals surface area contributed by atoms with Gasteiger partial charge in [0.15, 0.2) is 0 Å². The first-order valence-corrected chi connectivity index (χ1v) is 21.0. The number of anilines is 6. The topological polar surface area (TPSA) is 160 Å². The van der Waals surface area contributed by atoms with E-state index in [1.807, 2.05) is 60.9 Å². The van der Waals surface area contributed by atoms with Crippen LogP contribution in [0.15, 0.2) is 110 Å². The van der Waals surface area contributed by atoms with Gasteiger partial charge in [-0.2, -0.15) is 0 Å². The van der Waals surface area contributed by atoms with E-state index in [2.05, 4.69) is 65.8 Å². The summed E-state index contributed by atoms with van der Waals surface area (Å²) in [5, 5.41) is 12.7. The first kappa shape index (κ1) is 40.4. The summed E-state index contributed by atoms with van der Waals surface area (Å²) in [6.45, 7) is 9.93. The van der Waals surface area contributed by atoms with Crippen molar-refractivity contribution in [1.29, 1.82) is 0 Å². The van der Waals surface area contributed by atoms with E-state index in [9.17, 15) is 14.0 Å². The molecule has 62 heavy (non-hydrogen) atoms. The van der Waals surface area contributed by atoms with Crippen LogP contribution in [-0.4, -0.2) is 95.6 Å². The zero-order chi connectivity index (χ0) is 42.3. The number of halogens is 1. The van der Waals surface area contributed by atoms with E-state index >= 15 is 0 Å². The van der Waals surface area contributed by atoms with Gasteiger partial charge in [-0.3, -0.25) is 24.5 Å². The molecule has 4 N–H and O–H groups in total. The number of aromatic nitrogens is 5. The number of fused-ring (bicyclic) bond motifs is 2. The van der Waals surface area contributed by atoms with Crippen molar-refractivity contribution in [2.24, 2.45) is 0 Å². The third-order valence-corrected chi connectivity index (χ3v) is 11.5. The second-order valence-electron chi connectivity index (χ2n) is 15.5. The summed E-state index contributed by atoms with van der Waals surface area (Å²) in [6, 6.07) is 22.1. The summed E-state index contributed by atoms with van der Waals surface area (Å²) in [5.41, 5.74) is 8.23. The van der Waals surface area contributed by atoms with Crippen LogP contribution in [0.1, 0.15) is 43.2 Å². The first-order chi connectivity index (χ1) is 30.5. The Hall–Kier alpha value is -7.04. The summed E-state index contributed by atoms with van der Waals surface area (Å²) in [6.07, 6.45) is 11.2. The van der Waals surface area contributed by atoms with Gasteiger partial charge in [-0.25, -0.2) is 14.4 Å². The molecule has 0 bridgehead atoms. The van der Waals surface area contributed by atoms with Crippen LogP contribution in [0.3, 0.4) is 0 Å². The number of rotatable bonds is 8. The van der Waals surface area contributed by atoms with Gasteiger partial charge in [-0.1, -0.05) is 24.3 Å². The Kier molecular flexibility index (Phi) is 12.2. The Balaban J connectivity index is 0.000000158. The van der Waals surface area contributed by atoms with Crippen LogP contribution in [0.25, 0.3) is 0 Å². The maximum Gasteiger partial charge on any atom is 0.274 e. The number of carbonyl (C=O) groups is 2. The van der Waals surface area contributed by atoms with Gasteiger partial charge in [0, 0.05) is 103 Å². The van der Waals surface area contributed by atoms with Crippen molar-refractivity contribution < 1.29 is 14.0 Å². The third-order valence-electron chi connectivity index (χ3n) is 11.5. The Labute approximate surface area is 359 Å². The van der Waals surface area contributed by atoms with Crippen molar-refractivity contribution in [1.82, 2.24) is 35.6 Å². The molecule has 0 aliphatic carbocycles. The molecule has 316 valence electrons. The molecule has 4 aliphatic rings. The highest BCUT2D eigenvalue weighted by Crippen LogP contribution is 2.30. The average molecular weight is 834 g/mol. The monoisotopic (exact) mass is 833 g/mol. The SMILES string of the molecule is O=C(Nc1cnccc1N1CCNCC1)c1cccc(N2CCc3c(F)cccc3C2)n1.O=C(Nc1cnccc1N1CCNCC1)c1cccc(N2Cc3ccncc3C2)n1. The molecule has 2 saturated heterocycles. The molecule has 0 unspecified atom stereocenters. The van der Waals surface area contributed by atoms with Crippen LogP contribution in [-0.2, 0) is 26.1 Å². The lowest BCUT2D eigenvalue weighted by Gasteiger charge is -2.31. The number of nitrogens with zero attached hydrogens (tertiary/aromatic N) is 9. The minimum Gasteiger partial charge on any atom is -0.367 e. The molecule has 0 atom stereocenters. The van der Waals surface area contributed by atoms with E-state index in [-0.39, 0.29) is 17.6 Å². The van der Waals surface area contributed by atoms with Crippen LogP contribution in [0.4, 0.5) is 38.8 Å². The van der Waals surface area contributed by atoms with Gasteiger partial charge < -0.3 is 40.9 Å². The molecular weight excluding hydrogens is 786 g/mol. The Morgan fingerprint density at radius 3 is 1.65 bits per heavy atom. The maximum atomic E-state index is 14.0. The number of carbonyl (C=O) groups excluding carboxylic acids is 2. The molecule has 1 aromatic carbocycles. The lowest BCUT2D eigenvalue weighted by molar-refractivity contribution is 0.101. The molecule has 0 saturated carbocycles. The van der Waals surface area contributed by atoms with Crippen LogP contribution in [0, 0.1) is 5.82 Å². The molecule has 9 heterocycles. The molecule has 6 aromatic rings. The molecule has 2 fully saturated rings. The molecule has 2 amide bonds. The lowest BCUT2D eigenvalue weighted by atomic mass is 9.99. The summed E-state index contributed by atoms with van der Waals surface area (Å²) < 4.78 is 14.0. The van der Waals surface area contributed by atoms with Gasteiger partial charge in [-0.05, 0) is 77.2 Å². The highest BCUT2D eigenvalue weighted by molar-refractivity contribution is 6.05. The standard InChI is InChI=1S/C24H25FN6O.C22H23N7O/c25-19-4-1-3-17-16-31(12-8-18(17)19)23-6-2-5-20(28-23)24(32)29-21-15-27-9-7-22(21)30-13-10-26-11-14-30;30-22(27-19-13-25-7-5-20(19)28-10-8-23-9-11-28)18-2-1-3-21(26-18)29-14-16-4-6-24-12-17(16)15-29/h1-7,9,15,26H,8,10-14,16H2,(H,29,32);1-7,12-13,23H,8-11,14-15H2,(H,27,30). The zero-order valence-corrected chi connectivity index (χ0v) is 34.3. The first-order valence-electron chi connectivity index (χ1n) is 21.0. The van der Waals surface area contributed by atoms with Crippen molar-refractivity contribution in [3.05, 3.63) is 149 Å². The summed E-state index contributed by atoms with van der Waals surface area (Å²) in [7, 11) is 0. The Bertz CT molecular complexity index is 2520. The fraction of sp³-hybridized carbons (Fsp3) is 0.283. The number of benzene rings is 1. The Morgan fingerprint density at radius 1 is 0.532 bits per heavy atom. The molecule has 4 aliphatic heterocycles. The van der Waals surface area contributed by atoms with E-state index in [4.69, 9.17) is 0 Å². The summed E-state index contributed by atoms with van der Waals surface area (Å²) in [5.74, 6) is 0.827. The average Bonchev–Trinajstić information content (AvgIpc) is 3.78. The minimum absolute atomic E-state index is 0.153. The normalized spacial score (nSPS) is 15.8. The number of hydrogen-bond donors (Lipinski definition) is 4. The largest absolute Gasteiger partial charge is 0.367 e. The summed E-state index contributed by atoms with van der Waals surface area (Å²) in [4.78, 5) is 56.5. The smallest absolute Gasteiger partial charge is 0.274 e. The zero-order valence-electron chi connectivity index (χ0n) is 34.3. The van der Waals surface area contributed by atoms with Gasteiger partial charge in [0.05, 0.1) is 35.1 Å². The van der Waals surface area contributed by atoms with Crippen LogP contribution < -0.4 is 40.9 Å². The Morgan fingerprint density at radius 2 is 1.05 bits per heavy atom. The number of piperazine rings is 2. The van der Waals surface area contributed by atoms with Gasteiger partial charge >= 0.3 is 0 Å². The van der Waals surface area contributed by atoms with Crippen LogP contribution in [0.2, 0.25) is 0 Å². The highest BCUT2D eigenvalue weighted by Gasteiger charge is 2.24. The molecule has 10 rings (SSSR count). The van der Waals surface area contributed by atoms with Crippen molar-refractivity contribution in [3.63, 3.8) is 0 Å². The molecule has 15 nitrogen and oxygen atoms in total. The number of nitrogens with one attached hydrogen (secondary N) is 4. The van der Waals surface area contributed by atoms with E-state index in [0.29, 0.717) is 48.1 Å². The van der Waals surface area contributed by atoms with E-state index in [1.54, 1.807) is 43.0 Å². The molecule has 5 aromatic heterocycles. The fourth-order valence-electron chi connectivity index (χ4n) is 8.29.